The van der Waals surface area contributed by atoms with Gasteiger partial charge < -0.3 is 5.32 Å². The number of aryl methyl sites for hydroxylation is 1. The Balaban J connectivity index is 1.79. The summed E-state index contributed by atoms with van der Waals surface area (Å²) in [5.74, 6) is 0.623. The van der Waals surface area contributed by atoms with Crippen LogP contribution in [0.4, 0.5) is 5.69 Å². The van der Waals surface area contributed by atoms with Gasteiger partial charge >= 0.3 is 0 Å². The fourth-order valence-electron chi connectivity index (χ4n) is 3.10. The lowest BCUT2D eigenvalue weighted by Gasteiger charge is -2.15. The van der Waals surface area contributed by atoms with Gasteiger partial charge in [-0.2, -0.15) is 15.0 Å². The van der Waals surface area contributed by atoms with Crippen molar-refractivity contribution in [3.05, 3.63) is 48.2 Å². The van der Waals surface area contributed by atoms with Crippen molar-refractivity contribution in [1.82, 2.24) is 34.7 Å². The number of nitriles is 1. The van der Waals surface area contributed by atoms with Gasteiger partial charge in [-0.3, -0.25) is 0 Å². The third-order valence-electron chi connectivity index (χ3n) is 4.36. The van der Waals surface area contributed by atoms with E-state index in [4.69, 9.17) is 5.26 Å². The van der Waals surface area contributed by atoms with Gasteiger partial charge in [0.15, 0.2) is 11.5 Å². The molecule has 0 amide bonds. The molecule has 0 saturated heterocycles. The van der Waals surface area contributed by atoms with E-state index in [1.54, 1.807) is 27.8 Å². The largest absolute Gasteiger partial charge is 0.381 e. The Morgan fingerprint density at radius 3 is 2.79 bits per heavy atom. The van der Waals surface area contributed by atoms with Gasteiger partial charge in [0.25, 0.3) is 0 Å². The SMILES string of the molecule is CCCc1cn(-c2cnc(-n3ncc4cc(C#N)cnc43)cc2NC(C)C)nn1. The molecule has 9 heteroatoms. The number of hydrogen-bond donors (Lipinski definition) is 1. The minimum atomic E-state index is 0.216. The Morgan fingerprint density at radius 1 is 1.17 bits per heavy atom. The molecule has 0 aromatic carbocycles. The quantitative estimate of drug-likeness (QED) is 0.541. The minimum Gasteiger partial charge on any atom is -0.381 e. The molecule has 4 rings (SSSR count). The van der Waals surface area contributed by atoms with Crippen LogP contribution in [0, 0.1) is 11.3 Å². The lowest BCUT2D eigenvalue weighted by molar-refractivity contribution is 0.781. The van der Waals surface area contributed by atoms with Crippen LogP contribution in [0.15, 0.2) is 36.9 Å². The molecular formula is C20H21N9. The van der Waals surface area contributed by atoms with Crippen LogP contribution in [0.1, 0.15) is 38.4 Å². The van der Waals surface area contributed by atoms with Crippen LogP contribution >= 0.6 is 0 Å². The van der Waals surface area contributed by atoms with Gasteiger partial charge in [0, 0.05) is 23.7 Å². The first-order chi connectivity index (χ1) is 14.1. The number of aromatic nitrogens is 7. The topological polar surface area (TPSA) is 110 Å². The van der Waals surface area contributed by atoms with Crippen molar-refractivity contribution in [2.45, 2.75) is 39.7 Å². The van der Waals surface area contributed by atoms with Crippen LogP contribution in [0.25, 0.3) is 22.5 Å². The minimum absolute atomic E-state index is 0.216. The summed E-state index contributed by atoms with van der Waals surface area (Å²) in [6, 6.07) is 5.99. The van der Waals surface area contributed by atoms with E-state index < -0.39 is 0 Å². The zero-order valence-electron chi connectivity index (χ0n) is 16.5. The molecular weight excluding hydrogens is 366 g/mol. The monoisotopic (exact) mass is 387 g/mol. The molecule has 0 aliphatic heterocycles. The first kappa shape index (κ1) is 18.6. The van der Waals surface area contributed by atoms with Crippen LogP contribution in [-0.4, -0.2) is 40.8 Å². The highest BCUT2D eigenvalue weighted by atomic mass is 15.4. The normalized spacial score (nSPS) is 11.1. The average Bonchev–Trinajstić information content (AvgIpc) is 3.34. The first-order valence-corrected chi connectivity index (χ1v) is 9.51. The maximum Gasteiger partial charge on any atom is 0.164 e. The van der Waals surface area contributed by atoms with Crippen molar-refractivity contribution < 1.29 is 0 Å². The Morgan fingerprint density at radius 2 is 2.03 bits per heavy atom. The molecule has 4 heterocycles. The van der Waals surface area contributed by atoms with Crippen LogP contribution in [0.3, 0.4) is 0 Å². The Labute approximate surface area is 168 Å². The van der Waals surface area contributed by atoms with E-state index >= 15 is 0 Å². The predicted molar refractivity (Wildman–Crippen MR) is 109 cm³/mol. The third kappa shape index (κ3) is 3.65. The van der Waals surface area contributed by atoms with Crippen LogP contribution in [-0.2, 0) is 6.42 Å². The van der Waals surface area contributed by atoms with Crippen LogP contribution in [0.2, 0.25) is 0 Å². The van der Waals surface area contributed by atoms with Crippen LogP contribution < -0.4 is 5.32 Å². The average molecular weight is 387 g/mol. The van der Waals surface area contributed by atoms with Crippen molar-refractivity contribution >= 4 is 16.7 Å². The summed E-state index contributed by atoms with van der Waals surface area (Å²) in [5.41, 5.74) is 3.77. The maximum atomic E-state index is 9.06. The molecule has 4 aromatic rings. The summed E-state index contributed by atoms with van der Waals surface area (Å²) < 4.78 is 3.40. The highest BCUT2D eigenvalue weighted by Crippen LogP contribution is 2.24. The van der Waals surface area contributed by atoms with Crippen molar-refractivity contribution in [3.8, 4) is 17.6 Å². The van der Waals surface area contributed by atoms with Crippen molar-refractivity contribution in [1.29, 1.82) is 5.26 Å². The highest BCUT2D eigenvalue weighted by Gasteiger charge is 2.14. The summed E-state index contributed by atoms with van der Waals surface area (Å²) >= 11 is 0. The van der Waals surface area contributed by atoms with E-state index in [0.29, 0.717) is 17.0 Å². The smallest absolute Gasteiger partial charge is 0.164 e. The van der Waals surface area contributed by atoms with E-state index in [1.165, 1.54) is 6.20 Å². The number of pyridine rings is 2. The van der Waals surface area contributed by atoms with Crippen molar-refractivity contribution in [2.75, 3.05) is 5.32 Å². The number of nitrogens with one attached hydrogen (secondary N) is 1. The van der Waals surface area contributed by atoms with E-state index in [-0.39, 0.29) is 6.04 Å². The molecule has 1 N–H and O–H groups in total. The first-order valence-electron chi connectivity index (χ1n) is 9.51. The van der Waals surface area contributed by atoms with E-state index in [9.17, 15) is 0 Å². The van der Waals surface area contributed by atoms with E-state index in [0.717, 1.165) is 35.3 Å². The van der Waals surface area contributed by atoms with Gasteiger partial charge in [-0.1, -0.05) is 18.6 Å². The second-order valence-corrected chi connectivity index (χ2v) is 7.07. The summed E-state index contributed by atoms with van der Waals surface area (Å²) in [4.78, 5) is 8.95. The molecule has 0 atom stereocenters. The van der Waals surface area contributed by atoms with E-state index in [1.807, 2.05) is 12.3 Å². The Kier molecular flexibility index (Phi) is 4.91. The predicted octanol–water partition coefficient (Wildman–Crippen LogP) is 3.04. The molecule has 29 heavy (non-hydrogen) atoms. The third-order valence-corrected chi connectivity index (χ3v) is 4.36. The van der Waals surface area contributed by atoms with Gasteiger partial charge in [-0.25, -0.2) is 14.6 Å². The molecule has 0 aliphatic carbocycles. The maximum absolute atomic E-state index is 9.06. The molecule has 0 unspecified atom stereocenters. The van der Waals surface area contributed by atoms with Crippen molar-refractivity contribution in [2.24, 2.45) is 0 Å². The molecule has 0 fully saturated rings. The summed E-state index contributed by atoms with van der Waals surface area (Å²) in [6.07, 6.45) is 8.80. The second kappa shape index (κ2) is 7.67. The molecule has 9 nitrogen and oxygen atoms in total. The van der Waals surface area contributed by atoms with Crippen LogP contribution in [0.5, 0.6) is 0 Å². The van der Waals surface area contributed by atoms with Gasteiger partial charge in [-0.05, 0) is 26.3 Å². The summed E-state index contributed by atoms with van der Waals surface area (Å²) in [7, 11) is 0. The summed E-state index contributed by atoms with van der Waals surface area (Å²) in [6.45, 7) is 6.26. The van der Waals surface area contributed by atoms with E-state index in [2.05, 4.69) is 57.5 Å². The van der Waals surface area contributed by atoms with Crippen molar-refractivity contribution in [3.63, 3.8) is 0 Å². The lowest BCUT2D eigenvalue weighted by atomic mass is 10.2. The lowest BCUT2D eigenvalue weighted by Crippen LogP contribution is -2.14. The molecule has 0 radical (unpaired) electrons. The zero-order valence-corrected chi connectivity index (χ0v) is 16.5. The molecule has 0 saturated carbocycles. The molecule has 0 bridgehead atoms. The number of nitrogens with zero attached hydrogens (tertiary/aromatic N) is 8. The molecule has 0 aliphatic rings. The fourth-order valence-corrected chi connectivity index (χ4v) is 3.10. The highest BCUT2D eigenvalue weighted by molar-refractivity contribution is 5.77. The number of fused-ring (bicyclic) bond motifs is 1. The van der Waals surface area contributed by atoms with Gasteiger partial charge in [0.05, 0.1) is 35.5 Å². The second-order valence-electron chi connectivity index (χ2n) is 7.07. The molecule has 4 aromatic heterocycles. The van der Waals surface area contributed by atoms with Gasteiger partial charge in [0.1, 0.15) is 11.8 Å². The number of hydrogen-bond acceptors (Lipinski definition) is 7. The standard InChI is InChI=1S/C20H21N9/c1-4-5-16-12-28(27-26-16)18-11-22-19(7-17(18)25-13(2)3)29-20-15(10-24-29)6-14(8-21)9-23-20/h6-7,9-13H,4-5H2,1-3H3,(H,22,25). The number of rotatable bonds is 6. The molecule has 146 valence electrons. The number of anilines is 1. The van der Waals surface area contributed by atoms with Gasteiger partial charge in [0.2, 0.25) is 0 Å². The summed E-state index contributed by atoms with van der Waals surface area (Å²) in [5, 5.41) is 26.2. The zero-order chi connectivity index (χ0) is 20.4. The Hall–Kier alpha value is -3.80. The Bertz CT molecular complexity index is 1200. The van der Waals surface area contributed by atoms with Gasteiger partial charge in [-0.15, -0.1) is 5.10 Å². The molecule has 0 spiro atoms. The fraction of sp³-hybridized carbons (Fsp3) is 0.300.